The first-order chi connectivity index (χ1) is 8.83. The van der Waals surface area contributed by atoms with Gasteiger partial charge >= 0.3 is 0 Å². The molecule has 0 N–H and O–H groups in total. The third-order valence-corrected chi connectivity index (χ3v) is 3.10. The summed E-state index contributed by atoms with van der Waals surface area (Å²) >= 11 is 0. The number of rotatable bonds is 11. The molecule has 0 bridgehead atoms. The van der Waals surface area contributed by atoms with Crippen LogP contribution in [0.4, 0.5) is 0 Å². The number of unbranched alkanes of at least 4 members (excludes halogenated alkanes) is 11. The van der Waals surface area contributed by atoms with E-state index in [1.165, 1.54) is 70.6 Å². The molecule has 0 amide bonds. The molecule has 0 aliphatic rings. The molecule has 1 nitrogen and oxygen atoms in total. The summed E-state index contributed by atoms with van der Waals surface area (Å²) in [6, 6.07) is 2.16. The average molecular weight is 253 g/mol. The molecule has 0 fully saturated rings. The minimum atomic E-state index is 0.742. The molecule has 0 rings (SSSR count). The minimum absolute atomic E-state index is 0.742. The number of hydrogen-bond donors (Lipinski definition) is 0. The Morgan fingerprint density at radius 1 is 0.556 bits per heavy atom. The van der Waals surface area contributed by atoms with E-state index in [4.69, 9.17) is 5.26 Å². The standard InChI is InChI=1S/C9H17N.C8H18/c1-2-3-4-5-6-7-8-9-10;1-3-5-7-8-6-4-2/h2-8H2,1H3;3-8H2,1-2H3. The molecule has 1 heteroatoms. The molecule has 0 aromatic rings. The molecular weight excluding hydrogens is 218 g/mol. The summed E-state index contributed by atoms with van der Waals surface area (Å²) in [5.41, 5.74) is 0. The van der Waals surface area contributed by atoms with Gasteiger partial charge in [0.25, 0.3) is 0 Å². The Labute approximate surface area is 116 Å². The second-order valence-electron chi connectivity index (χ2n) is 5.09. The van der Waals surface area contributed by atoms with E-state index in [-0.39, 0.29) is 0 Å². The molecule has 0 saturated heterocycles. The first-order valence-corrected chi connectivity index (χ1v) is 8.20. The van der Waals surface area contributed by atoms with Crippen LogP contribution in [0.2, 0.25) is 0 Å². The molecule has 0 heterocycles. The van der Waals surface area contributed by atoms with Gasteiger partial charge in [-0.3, -0.25) is 0 Å². The topological polar surface area (TPSA) is 23.8 Å². The average Bonchev–Trinajstić information content (AvgIpc) is 2.40. The number of hydrogen-bond acceptors (Lipinski definition) is 1. The van der Waals surface area contributed by atoms with Gasteiger partial charge in [-0.2, -0.15) is 5.26 Å². The molecule has 0 radical (unpaired) electrons. The van der Waals surface area contributed by atoms with Crippen molar-refractivity contribution in [3.05, 3.63) is 0 Å². The first-order valence-electron chi connectivity index (χ1n) is 8.20. The Morgan fingerprint density at radius 2 is 0.889 bits per heavy atom. The molecule has 0 aromatic heterocycles. The van der Waals surface area contributed by atoms with Gasteiger partial charge in [-0.05, 0) is 6.42 Å². The fourth-order valence-electron chi connectivity index (χ4n) is 1.84. The van der Waals surface area contributed by atoms with Gasteiger partial charge in [0.1, 0.15) is 0 Å². The van der Waals surface area contributed by atoms with E-state index in [0.717, 1.165) is 12.8 Å². The van der Waals surface area contributed by atoms with Crippen LogP contribution in [0.15, 0.2) is 0 Å². The SMILES string of the molecule is CCCCCCCC.CCCCCCCCC#N. The zero-order valence-corrected chi connectivity index (χ0v) is 13.1. The first kappa shape index (κ1) is 19.8. The molecule has 108 valence electrons. The largest absolute Gasteiger partial charge is 0.198 e. The molecule has 0 saturated carbocycles. The van der Waals surface area contributed by atoms with Crippen molar-refractivity contribution in [2.24, 2.45) is 0 Å². The maximum absolute atomic E-state index is 8.22. The lowest BCUT2D eigenvalue weighted by Crippen LogP contribution is -1.77. The van der Waals surface area contributed by atoms with Gasteiger partial charge < -0.3 is 0 Å². The molecule has 0 spiro atoms. The lowest BCUT2D eigenvalue weighted by Gasteiger charge is -1.95. The summed E-state index contributed by atoms with van der Waals surface area (Å²) in [7, 11) is 0. The van der Waals surface area contributed by atoms with E-state index in [1.807, 2.05) is 0 Å². The molecule has 0 unspecified atom stereocenters. The summed E-state index contributed by atoms with van der Waals surface area (Å²) in [4.78, 5) is 0. The predicted octanol–water partition coefficient (Wildman–Crippen LogP) is 6.63. The van der Waals surface area contributed by atoms with Crippen LogP contribution in [0.1, 0.15) is 104 Å². The van der Waals surface area contributed by atoms with Gasteiger partial charge in [0, 0.05) is 6.42 Å². The highest BCUT2D eigenvalue weighted by Gasteiger charge is 1.87. The van der Waals surface area contributed by atoms with Crippen molar-refractivity contribution in [3.63, 3.8) is 0 Å². The van der Waals surface area contributed by atoms with Gasteiger partial charge in [-0.15, -0.1) is 0 Å². The number of nitrogens with zero attached hydrogens (tertiary/aromatic N) is 1. The summed E-state index contributed by atoms with van der Waals surface area (Å²) in [5, 5.41) is 8.22. The van der Waals surface area contributed by atoms with Crippen LogP contribution in [-0.2, 0) is 0 Å². The van der Waals surface area contributed by atoms with Gasteiger partial charge in [0.05, 0.1) is 6.07 Å². The summed E-state index contributed by atoms with van der Waals surface area (Å²) in [6.07, 6.45) is 16.9. The van der Waals surface area contributed by atoms with Crippen molar-refractivity contribution in [1.82, 2.24) is 0 Å². The maximum Gasteiger partial charge on any atom is 0.0621 e. The van der Waals surface area contributed by atoms with Crippen LogP contribution in [0, 0.1) is 11.3 Å². The van der Waals surface area contributed by atoms with Crippen molar-refractivity contribution in [3.8, 4) is 6.07 Å². The van der Waals surface area contributed by atoms with Crippen molar-refractivity contribution in [2.75, 3.05) is 0 Å². The predicted molar refractivity (Wildman–Crippen MR) is 82.7 cm³/mol. The summed E-state index contributed by atoms with van der Waals surface area (Å²) in [6.45, 7) is 6.73. The van der Waals surface area contributed by atoms with E-state index in [9.17, 15) is 0 Å². The lowest BCUT2D eigenvalue weighted by molar-refractivity contribution is 0.613. The van der Waals surface area contributed by atoms with Crippen LogP contribution in [0.5, 0.6) is 0 Å². The summed E-state index contributed by atoms with van der Waals surface area (Å²) < 4.78 is 0. The van der Waals surface area contributed by atoms with Gasteiger partial charge in [0.2, 0.25) is 0 Å². The highest BCUT2D eigenvalue weighted by Crippen LogP contribution is 2.05. The van der Waals surface area contributed by atoms with Crippen LogP contribution in [0.25, 0.3) is 0 Å². The van der Waals surface area contributed by atoms with Gasteiger partial charge in [0.15, 0.2) is 0 Å². The van der Waals surface area contributed by atoms with Gasteiger partial charge in [-0.1, -0.05) is 91.4 Å². The Kier molecular flexibility index (Phi) is 23.9. The van der Waals surface area contributed by atoms with Crippen LogP contribution in [-0.4, -0.2) is 0 Å². The Bertz CT molecular complexity index is 151. The second-order valence-corrected chi connectivity index (χ2v) is 5.09. The Balaban J connectivity index is 0. The maximum atomic E-state index is 8.22. The highest BCUT2D eigenvalue weighted by atomic mass is 14.2. The molecule has 0 atom stereocenters. The summed E-state index contributed by atoms with van der Waals surface area (Å²) in [5.74, 6) is 0. The van der Waals surface area contributed by atoms with Crippen molar-refractivity contribution < 1.29 is 0 Å². The Hall–Kier alpha value is -0.510. The van der Waals surface area contributed by atoms with E-state index in [0.29, 0.717) is 0 Å². The number of nitriles is 1. The fraction of sp³-hybridized carbons (Fsp3) is 0.941. The molecule has 18 heavy (non-hydrogen) atoms. The smallest absolute Gasteiger partial charge is 0.0621 e. The van der Waals surface area contributed by atoms with Crippen LogP contribution in [0.3, 0.4) is 0 Å². The van der Waals surface area contributed by atoms with Gasteiger partial charge in [-0.25, -0.2) is 0 Å². The van der Waals surface area contributed by atoms with Crippen LogP contribution >= 0.6 is 0 Å². The van der Waals surface area contributed by atoms with Crippen LogP contribution < -0.4 is 0 Å². The van der Waals surface area contributed by atoms with Crippen molar-refractivity contribution >= 4 is 0 Å². The molecule has 0 aromatic carbocycles. The third kappa shape index (κ3) is 24.6. The fourth-order valence-corrected chi connectivity index (χ4v) is 1.84. The lowest BCUT2D eigenvalue weighted by atomic mass is 10.1. The quantitative estimate of drug-likeness (QED) is 0.379. The van der Waals surface area contributed by atoms with E-state index in [1.54, 1.807) is 0 Å². The zero-order valence-electron chi connectivity index (χ0n) is 13.1. The third-order valence-electron chi connectivity index (χ3n) is 3.10. The van der Waals surface area contributed by atoms with Crippen molar-refractivity contribution in [1.29, 1.82) is 5.26 Å². The Morgan fingerprint density at radius 3 is 1.22 bits per heavy atom. The highest BCUT2D eigenvalue weighted by molar-refractivity contribution is 4.67. The monoisotopic (exact) mass is 253 g/mol. The molecular formula is C17H35N. The van der Waals surface area contributed by atoms with E-state index in [2.05, 4.69) is 26.8 Å². The normalized spacial score (nSPS) is 9.44. The molecule has 0 aliphatic carbocycles. The molecule has 0 aliphatic heterocycles. The van der Waals surface area contributed by atoms with Crippen molar-refractivity contribution in [2.45, 2.75) is 104 Å². The minimum Gasteiger partial charge on any atom is -0.198 e. The van der Waals surface area contributed by atoms with E-state index < -0.39 is 0 Å². The van der Waals surface area contributed by atoms with E-state index >= 15 is 0 Å². The zero-order chi connectivity index (χ0) is 13.9. The second kappa shape index (κ2) is 21.7.